The molecule has 25 heavy (non-hydrogen) atoms. The number of ketones is 1. The fraction of sp³-hybridized carbons (Fsp3) is 0.333. The van der Waals surface area contributed by atoms with Crippen LogP contribution in [0.1, 0.15) is 41.8 Å². The lowest BCUT2D eigenvalue weighted by Gasteiger charge is -2.27. The number of benzene rings is 2. The number of nitrogens with one attached hydrogen (secondary N) is 1. The average molecular weight is 338 g/mol. The number of aryl methyl sites for hydroxylation is 1. The van der Waals surface area contributed by atoms with Crippen molar-refractivity contribution in [3.05, 3.63) is 71.3 Å². The molecule has 132 valence electrons. The number of urea groups is 1. The highest BCUT2D eigenvalue weighted by Crippen LogP contribution is 2.09. The van der Waals surface area contributed by atoms with Gasteiger partial charge in [0.1, 0.15) is 0 Å². The topological polar surface area (TPSA) is 49.4 Å². The van der Waals surface area contributed by atoms with Gasteiger partial charge in [-0.3, -0.25) is 4.79 Å². The van der Waals surface area contributed by atoms with Crippen molar-refractivity contribution in [2.45, 2.75) is 39.8 Å². The second-order valence-corrected chi connectivity index (χ2v) is 6.48. The predicted molar refractivity (Wildman–Crippen MR) is 101 cm³/mol. The van der Waals surface area contributed by atoms with Gasteiger partial charge in [-0.1, -0.05) is 60.2 Å². The maximum Gasteiger partial charge on any atom is 0.317 e. The minimum absolute atomic E-state index is 0.0412. The molecule has 0 aromatic heterocycles. The van der Waals surface area contributed by atoms with Gasteiger partial charge in [-0.05, 0) is 26.3 Å². The lowest BCUT2D eigenvalue weighted by molar-refractivity contribution is 0.0982. The summed E-state index contributed by atoms with van der Waals surface area (Å²) >= 11 is 0. The Labute approximate surface area is 149 Å². The van der Waals surface area contributed by atoms with Crippen LogP contribution in [0.2, 0.25) is 0 Å². The molecule has 0 radical (unpaired) electrons. The normalized spacial score (nSPS) is 10.6. The van der Waals surface area contributed by atoms with Crippen LogP contribution in [0.15, 0.2) is 54.6 Å². The zero-order valence-corrected chi connectivity index (χ0v) is 15.2. The summed E-state index contributed by atoms with van der Waals surface area (Å²) in [5.41, 5.74) is 2.89. The van der Waals surface area contributed by atoms with E-state index in [1.54, 1.807) is 4.90 Å². The fourth-order valence-electron chi connectivity index (χ4n) is 2.54. The van der Waals surface area contributed by atoms with E-state index in [9.17, 15) is 9.59 Å². The Hall–Kier alpha value is -2.62. The van der Waals surface area contributed by atoms with Gasteiger partial charge in [0, 0.05) is 31.1 Å². The Morgan fingerprint density at radius 3 is 2.24 bits per heavy atom. The molecule has 0 spiro atoms. The van der Waals surface area contributed by atoms with Crippen LogP contribution in [0.25, 0.3) is 0 Å². The smallest absolute Gasteiger partial charge is 0.317 e. The van der Waals surface area contributed by atoms with E-state index in [2.05, 4.69) is 5.32 Å². The standard InChI is InChI=1S/C21H26N2O2/c1-16(2)23(15-18-7-5-4-6-8-18)21(25)22-14-13-20(24)19-11-9-17(3)10-12-19/h4-12,16H,13-15H2,1-3H3,(H,22,25). The Bertz CT molecular complexity index is 694. The molecule has 4 heteroatoms. The minimum Gasteiger partial charge on any atom is -0.338 e. The molecule has 0 saturated heterocycles. The Morgan fingerprint density at radius 1 is 1.00 bits per heavy atom. The number of carbonyl (C=O) groups excluding carboxylic acids is 2. The fourth-order valence-corrected chi connectivity index (χ4v) is 2.54. The predicted octanol–water partition coefficient (Wildman–Crippen LogP) is 4.19. The quantitative estimate of drug-likeness (QED) is 0.770. The number of amides is 2. The van der Waals surface area contributed by atoms with Crippen LogP contribution in [0.4, 0.5) is 4.79 Å². The summed E-state index contributed by atoms with van der Waals surface area (Å²) < 4.78 is 0. The lowest BCUT2D eigenvalue weighted by Crippen LogP contribution is -2.44. The van der Waals surface area contributed by atoms with Crippen molar-refractivity contribution in [1.82, 2.24) is 10.2 Å². The molecule has 1 N–H and O–H groups in total. The first kappa shape index (κ1) is 18.7. The number of carbonyl (C=O) groups is 2. The molecule has 0 aliphatic rings. The highest BCUT2D eigenvalue weighted by Gasteiger charge is 2.17. The molecular formula is C21H26N2O2. The van der Waals surface area contributed by atoms with E-state index in [-0.39, 0.29) is 17.9 Å². The van der Waals surface area contributed by atoms with Crippen LogP contribution in [0.3, 0.4) is 0 Å². The maximum atomic E-state index is 12.5. The van der Waals surface area contributed by atoms with Gasteiger partial charge in [-0.25, -0.2) is 4.79 Å². The third kappa shape index (κ3) is 5.75. The van der Waals surface area contributed by atoms with Crippen molar-refractivity contribution in [1.29, 1.82) is 0 Å². The molecule has 0 saturated carbocycles. The molecule has 0 unspecified atom stereocenters. The summed E-state index contributed by atoms with van der Waals surface area (Å²) in [4.78, 5) is 26.4. The van der Waals surface area contributed by atoms with E-state index in [0.29, 0.717) is 25.1 Å². The van der Waals surface area contributed by atoms with Crippen molar-refractivity contribution in [3.8, 4) is 0 Å². The minimum atomic E-state index is -0.143. The molecule has 0 fully saturated rings. The molecule has 0 heterocycles. The monoisotopic (exact) mass is 338 g/mol. The zero-order chi connectivity index (χ0) is 18.2. The molecule has 2 amide bonds. The van der Waals surface area contributed by atoms with E-state index in [4.69, 9.17) is 0 Å². The van der Waals surface area contributed by atoms with E-state index in [1.807, 2.05) is 75.4 Å². The number of nitrogens with zero attached hydrogens (tertiary/aromatic N) is 1. The summed E-state index contributed by atoms with van der Waals surface area (Å²) in [5, 5.41) is 2.86. The van der Waals surface area contributed by atoms with Gasteiger partial charge in [0.2, 0.25) is 0 Å². The Morgan fingerprint density at radius 2 is 1.64 bits per heavy atom. The van der Waals surface area contributed by atoms with Gasteiger partial charge in [0.15, 0.2) is 5.78 Å². The zero-order valence-electron chi connectivity index (χ0n) is 15.2. The third-order valence-corrected chi connectivity index (χ3v) is 4.08. The van der Waals surface area contributed by atoms with Crippen molar-refractivity contribution < 1.29 is 9.59 Å². The molecule has 2 aromatic carbocycles. The van der Waals surface area contributed by atoms with E-state index in [1.165, 1.54) is 0 Å². The van der Waals surface area contributed by atoms with Crippen LogP contribution < -0.4 is 5.32 Å². The van der Waals surface area contributed by atoms with Crippen LogP contribution in [-0.2, 0) is 6.54 Å². The first-order chi connectivity index (χ1) is 12.0. The highest BCUT2D eigenvalue weighted by molar-refractivity contribution is 5.96. The van der Waals surface area contributed by atoms with Crippen molar-refractivity contribution in [3.63, 3.8) is 0 Å². The first-order valence-corrected chi connectivity index (χ1v) is 8.65. The molecule has 2 aromatic rings. The number of Topliss-reactive ketones (excluding diaryl/α,β-unsaturated/α-hetero) is 1. The van der Waals surface area contributed by atoms with Gasteiger partial charge in [-0.2, -0.15) is 0 Å². The molecule has 0 bridgehead atoms. The molecule has 2 rings (SSSR count). The van der Waals surface area contributed by atoms with Gasteiger partial charge in [-0.15, -0.1) is 0 Å². The van der Waals surface area contributed by atoms with E-state index >= 15 is 0 Å². The van der Waals surface area contributed by atoms with Gasteiger partial charge < -0.3 is 10.2 Å². The molecule has 0 atom stereocenters. The summed E-state index contributed by atoms with van der Waals surface area (Å²) in [6.45, 7) is 6.85. The maximum absolute atomic E-state index is 12.5. The average Bonchev–Trinajstić information content (AvgIpc) is 2.60. The number of rotatable bonds is 7. The van der Waals surface area contributed by atoms with E-state index in [0.717, 1.165) is 11.1 Å². The second-order valence-electron chi connectivity index (χ2n) is 6.48. The number of hydrogen-bond donors (Lipinski definition) is 1. The van der Waals surface area contributed by atoms with Gasteiger partial charge in [0.25, 0.3) is 0 Å². The Kier molecular flexibility index (Phi) is 6.75. The summed E-state index contributed by atoms with van der Waals surface area (Å²) in [6, 6.07) is 17.3. The molecule has 0 aliphatic carbocycles. The Balaban J connectivity index is 1.86. The molecule has 0 aliphatic heterocycles. The molecule has 4 nitrogen and oxygen atoms in total. The summed E-state index contributed by atoms with van der Waals surface area (Å²) in [7, 11) is 0. The largest absolute Gasteiger partial charge is 0.338 e. The molecular weight excluding hydrogens is 312 g/mol. The SMILES string of the molecule is Cc1ccc(C(=O)CCNC(=O)N(Cc2ccccc2)C(C)C)cc1. The third-order valence-electron chi connectivity index (χ3n) is 4.08. The highest BCUT2D eigenvalue weighted by atomic mass is 16.2. The first-order valence-electron chi connectivity index (χ1n) is 8.65. The van der Waals surface area contributed by atoms with Crippen LogP contribution in [-0.4, -0.2) is 29.3 Å². The van der Waals surface area contributed by atoms with Gasteiger partial charge >= 0.3 is 6.03 Å². The van der Waals surface area contributed by atoms with E-state index < -0.39 is 0 Å². The van der Waals surface area contributed by atoms with Crippen molar-refractivity contribution >= 4 is 11.8 Å². The van der Waals surface area contributed by atoms with Crippen LogP contribution in [0, 0.1) is 6.92 Å². The lowest BCUT2D eigenvalue weighted by atomic mass is 10.1. The van der Waals surface area contributed by atoms with Crippen molar-refractivity contribution in [2.75, 3.05) is 6.54 Å². The summed E-state index contributed by atoms with van der Waals surface area (Å²) in [5.74, 6) is 0.0412. The van der Waals surface area contributed by atoms with Crippen LogP contribution >= 0.6 is 0 Å². The van der Waals surface area contributed by atoms with Gasteiger partial charge in [0.05, 0.1) is 0 Å². The summed E-state index contributed by atoms with van der Waals surface area (Å²) in [6.07, 6.45) is 0.298. The second kappa shape index (κ2) is 9.02. The van der Waals surface area contributed by atoms with Crippen molar-refractivity contribution in [2.24, 2.45) is 0 Å². The number of hydrogen-bond acceptors (Lipinski definition) is 2. The van der Waals surface area contributed by atoms with Crippen LogP contribution in [0.5, 0.6) is 0 Å².